The largest absolute Gasteiger partial charge is 0.356 e. The fourth-order valence-electron chi connectivity index (χ4n) is 2.56. The molecule has 0 aliphatic rings. The van der Waals surface area contributed by atoms with Crippen LogP contribution in [0, 0.1) is 17.2 Å². The van der Waals surface area contributed by atoms with Crippen LogP contribution in [0.25, 0.3) is 0 Å². The molecular weight excluding hydrogens is 314 g/mol. The van der Waals surface area contributed by atoms with Gasteiger partial charge in [-0.25, -0.2) is 0 Å². The molecule has 3 nitrogen and oxygen atoms in total. The fraction of sp³-hybridized carbons (Fsp3) is 0.300. The van der Waals surface area contributed by atoms with Gasteiger partial charge in [0, 0.05) is 5.69 Å². The molecule has 2 aromatic rings. The van der Waals surface area contributed by atoms with E-state index in [2.05, 4.69) is 54.8 Å². The predicted molar refractivity (Wildman–Crippen MR) is 104 cm³/mol. The second-order valence-electron chi connectivity index (χ2n) is 6.22. The Morgan fingerprint density at radius 1 is 1.08 bits per heavy atom. The lowest BCUT2D eigenvalue weighted by Gasteiger charge is -2.23. The van der Waals surface area contributed by atoms with Crippen LogP contribution in [0.4, 0.5) is 5.69 Å². The van der Waals surface area contributed by atoms with E-state index in [0.29, 0.717) is 17.5 Å². The van der Waals surface area contributed by atoms with Crippen LogP contribution in [0.15, 0.2) is 54.6 Å². The summed E-state index contributed by atoms with van der Waals surface area (Å²) < 4.78 is 0. The number of anilines is 1. The molecule has 0 radical (unpaired) electrons. The topological polar surface area (TPSA) is 47.8 Å². The third kappa shape index (κ3) is 5.68. The van der Waals surface area contributed by atoms with E-state index in [1.54, 1.807) is 0 Å². The molecule has 0 bridgehead atoms. The van der Waals surface area contributed by atoms with Crippen LogP contribution in [-0.2, 0) is 6.42 Å². The van der Waals surface area contributed by atoms with Crippen LogP contribution >= 0.6 is 12.2 Å². The Labute approximate surface area is 149 Å². The van der Waals surface area contributed by atoms with E-state index in [1.807, 2.05) is 30.3 Å². The van der Waals surface area contributed by atoms with Gasteiger partial charge in [-0.3, -0.25) is 0 Å². The van der Waals surface area contributed by atoms with Gasteiger partial charge in [0.15, 0.2) is 5.11 Å². The van der Waals surface area contributed by atoms with Crippen LogP contribution in [0.1, 0.15) is 37.4 Å². The molecule has 24 heavy (non-hydrogen) atoms. The Morgan fingerprint density at radius 2 is 1.75 bits per heavy atom. The minimum absolute atomic E-state index is 0.184. The summed E-state index contributed by atoms with van der Waals surface area (Å²) in [5, 5.41) is 16.0. The van der Waals surface area contributed by atoms with Crippen LogP contribution in [-0.4, -0.2) is 5.11 Å². The van der Waals surface area contributed by atoms with Crippen LogP contribution in [0.5, 0.6) is 0 Å². The second kappa shape index (κ2) is 9.05. The van der Waals surface area contributed by atoms with Crippen molar-refractivity contribution in [3.8, 4) is 6.07 Å². The van der Waals surface area contributed by atoms with Crippen molar-refractivity contribution < 1.29 is 0 Å². The standard InChI is InChI=1S/C20H23N3S/c1-15(2)14-19(17-6-4-3-5-7-17)23-20(24)22-18-10-8-16(9-11-18)12-13-21/h3-11,15,19H,12,14H2,1-2H3,(H2,22,23,24)/t19-/m1/s1. The lowest BCUT2D eigenvalue weighted by molar-refractivity contribution is 0.481. The van der Waals surface area contributed by atoms with E-state index in [9.17, 15) is 0 Å². The zero-order chi connectivity index (χ0) is 17.4. The molecular formula is C20H23N3S. The summed E-state index contributed by atoms with van der Waals surface area (Å²) in [7, 11) is 0. The van der Waals surface area contributed by atoms with Gasteiger partial charge < -0.3 is 10.6 Å². The first-order valence-corrected chi connectivity index (χ1v) is 8.57. The normalized spacial score (nSPS) is 11.6. The van der Waals surface area contributed by atoms with E-state index in [4.69, 9.17) is 17.5 Å². The molecule has 0 aliphatic heterocycles. The zero-order valence-corrected chi connectivity index (χ0v) is 14.9. The quantitative estimate of drug-likeness (QED) is 0.742. The molecule has 0 aromatic heterocycles. The molecule has 2 aromatic carbocycles. The second-order valence-corrected chi connectivity index (χ2v) is 6.63. The lowest BCUT2D eigenvalue weighted by atomic mass is 9.97. The molecule has 0 heterocycles. The maximum atomic E-state index is 8.72. The molecule has 0 fully saturated rings. The first-order valence-electron chi connectivity index (χ1n) is 8.17. The molecule has 0 saturated carbocycles. The summed E-state index contributed by atoms with van der Waals surface area (Å²) in [6, 6.07) is 20.5. The first-order chi connectivity index (χ1) is 11.6. The van der Waals surface area contributed by atoms with Gasteiger partial charge in [-0.1, -0.05) is 56.3 Å². The molecule has 0 unspecified atom stereocenters. The number of nitrogens with zero attached hydrogens (tertiary/aromatic N) is 1. The van der Waals surface area contributed by atoms with E-state index in [1.165, 1.54) is 5.56 Å². The molecule has 1 atom stereocenters. The van der Waals surface area contributed by atoms with Gasteiger partial charge in [-0.15, -0.1) is 0 Å². The van der Waals surface area contributed by atoms with Gasteiger partial charge in [-0.05, 0) is 47.8 Å². The van der Waals surface area contributed by atoms with Gasteiger partial charge >= 0.3 is 0 Å². The number of hydrogen-bond acceptors (Lipinski definition) is 2. The highest BCUT2D eigenvalue weighted by atomic mass is 32.1. The predicted octanol–water partition coefficient (Wildman–Crippen LogP) is 4.83. The highest BCUT2D eigenvalue weighted by Crippen LogP contribution is 2.21. The Balaban J connectivity index is 2.01. The van der Waals surface area contributed by atoms with Gasteiger partial charge in [0.05, 0.1) is 18.5 Å². The van der Waals surface area contributed by atoms with Crippen LogP contribution < -0.4 is 10.6 Å². The van der Waals surface area contributed by atoms with Crippen molar-refractivity contribution in [3.05, 3.63) is 65.7 Å². The monoisotopic (exact) mass is 337 g/mol. The highest BCUT2D eigenvalue weighted by molar-refractivity contribution is 7.80. The molecule has 0 amide bonds. The van der Waals surface area contributed by atoms with Crippen molar-refractivity contribution in [2.75, 3.05) is 5.32 Å². The average molecular weight is 337 g/mol. The van der Waals surface area contributed by atoms with Gasteiger partial charge in [0.25, 0.3) is 0 Å². The van der Waals surface area contributed by atoms with Gasteiger partial charge in [0.1, 0.15) is 0 Å². The molecule has 2 rings (SSSR count). The summed E-state index contributed by atoms with van der Waals surface area (Å²) >= 11 is 5.47. The summed E-state index contributed by atoms with van der Waals surface area (Å²) in [4.78, 5) is 0. The lowest BCUT2D eigenvalue weighted by Crippen LogP contribution is -2.33. The van der Waals surface area contributed by atoms with Crippen molar-refractivity contribution in [2.45, 2.75) is 32.7 Å². The Hall–Kier alpha value is -2.38. The minimum atomic E-state index is 0.184. The smallest absolute Gasteiger partial charge is 0.171 e. The maximum Gasteiger partial charge on any atom is 0.171 e. The van der Waals surface area contributed by atoms with Gasteiger partial charge in [0.2, 0.25) is 0 Å². The molecule has 0 aliphatic carbocycles. The summed E-state index contributed by atoms with van der Waals surface area (Å²) in [5.74, 6) is 0.566. The van der Waals surface area contributed by atoms with Crippen molar-refractivity contribution in [1.29, 1.82) is 5.26 Å². The van der Waals surface area contributed by atoms with Crippen molar-refractivity contribution in [1.82, 2.24) is 5.32 Å². The van der Waals surface area contributed by atoms with E-state index in [-0.39, 0.29) is 6.04 Å². The van der Waals surface area contributed by atoms with Crippen LogP contribution in [0.3, 0.4) is 0 Å². The highest BCUT2D eigenvalue weighted by Gasteiger charge is 2.14. The molecule has 2 N–H and O–H groups in total. The number of nitrogens with one attached hydrogen (secondary N) is 2. The third-order valence-corrected chi connectivity index (χ3v) is 3.93. The summed E-state index contributed by atoms with van der Waals surface area (Å²) in [6.45, 7) is 4.42. The first kappa shape index (κ1) is 18.0. The SMILES string of the molecule is CC(C)C[C@@H](NC(=S)Nc1ccc(CC#N)cc1)c1ccccc1. The van der Waals surface area contributed by atoms with E-state index < -0.39 is 0 Å². The van der Waals surface area contributed by atoms with E-state index in [0.717, 1.165) is 17.7 Å². The molecule has 0 spiro atoms. The molecule has 4 heteroatoms. The Kier molecular flexibility index (Phi) is 6.77. The number of nitriles is 1. The Morgan fingerprint density at radius 3 is 2.33 bits per heavy atom. The summed E-state index contributed by atoms with van der Waals surface area (Å²) in [5.41, 5.74) is 3.16. The average Bonchev–Trinajstić information content (AvgIpc) is 2.57. The number of hydrogen-bond donors (Lipinski definition) is 2. The number of benzene rings is 2. The number of thiocarbonyl (C=S) groups is 1. The number of rotatable bonds is 6. The molecule has 0 saturated heterocycles. The minimum Gasteiger partial charge on any atom is -0.356 e. The van der Waals surface area contributed by atoms with Crippen molar-refractivity contribution >= 4 is 23.0 Å². The van der Waals surface area contributed by atoms with Crippen molar-refractivity contribution in [2.24, 2.45) is 5.92 Å². The summed E-state index contributed by atoms with van der Waals surface area (Å²) in [6.07, 6.45) is 1.43. The third-order valence-electron chi connectivity index (χ3n) is 3.71. The van der Waals surface area contributed by atoms with Crippen molar-refractivity contribution in [3.63, 3.8) is 0 Å². The zero-order valence-electron chi connectivity index (χ0n) is 14.1. The maximum absolute atomic E-state index is 8.72. The van der Waals surface area contributed by atoms with Gasteiger partial charge in [-0.2, -0.15) is 5.26 Å². The fourth-order valence-corrected chi connectivity index (χ4v) is 2.82. The molecule has 124 valence electrons. The van der Waals surface area contributed by atoms with E-state index >= 15 is 0 Å². The Bertz CT molecular complexity index is 687. The van der Waals surface area contributed by atoms with Crippen LogP contribution in [0.2, 0.25) is 0 Å².